The number of phenolic OH excluding ortho intramolecular Hbond substituents is 1. The normalized spacial score (nSPS) is 12.0. The van der Waals surface area contributed by atoms with Crippen molar-refractivity contribution in [1.29, 1.82) is 0 Å². The van der Waals surface area contributed by atoms with E-state index in [-0.39, 0.29) is 12.2 Å². The lowest BCUT2D eigenvalue weighted by Crippen LogP contribution is -2.41. The zero-order valence-corrected chi connectivity index (χ0v) is 12.3. The third-order valence-electron chi connectivity index (χ3n) is 3.19. The fraction of sp³-hybridized carbons (Fsp3) is 0.111. The molecule has 1 amide bonds. The molecule has 0 saturated heterocycles. The summed E-state index contributed by atoms with van der Waals surface area (Å²) in [6.07, 6.45) is 2.97. The van der Waals surface area contributed by atoms with Crippen molar-refractivity contribution in [2.75, 3.05) is 0 Å². The second-order valence-electron chi connectivity index (χ2n) is 5.02. The van der Waals surface area contributed by atoms with Crippen molar-refractivity contribution in [2.24, 2.45) is 0 Å². The van der Waals surface area contributed by atoms with E-state index in [1.807, 2.05) is 30.3 Å². The lowest BCUT2D eigenvalue weighted by atomic mass is 10.1. The van der Waals surface area contributed by atoms with Crippen LogP contribution in [0.1, 0.15) is 11.1 Å². The molecule has 0 aliphatic heterocycles. The minimum atomic E-state index is -1.09. The first-order valence-corrected chi connectivity index (χ1v) is 7.09. The van der Waals surface area contributed by atoms with Crippen LogP contribution < -0.4 is 5.32 Å². The van der Waals surface area contributed by atoms with Crippen LogP contribution in [0, 0.1) is 0 Å². The van der Waals surface area contributed by atoms with Crippen LogP contribution in [0.25, 0.3) is 6.08 Å². The van der Waals surface area contributed by atoms with Gasteiger partial charge < -0.3 is 15.5 Å². The first-order valence-electron chi connectivity index (χ1n) is 7.09. The molecule has 23 heavy (non-hydrogen) atoms. The highest BCUT2D eigenvalue weighted by Gasteiger charge is 2.19. The van der Waals surface area contributed by atoms with Crippen molar-refractivity contribution in [1.82, 2.24) is 5.32 Å². The highest BCUT2D eigenvalue weighted by atomic mass is 16.4. The zero-order valence-electron chi connectivity index (χ0n) is 12.3. The minimum Gasteiger partial charge on any atom is -0.508 e. The molecule has 118 valence electrons. The van der Waals surface area contributed by atoms with Gasteiger partial charge in [0.05, 0.1) is 0 Å². The number of benzene rings is 2. The van der Waals surface area contributed by atoms with Gasteiger partial charge in [0.1, 0.15) is 11.8 Å². The maximum absolute atomic E-state index is 11.9. The number of amides is 1. The van der Waals surface area contributed by atoms with Crippen LogP contribution in [0.15, 0.2) is 60.7 Å². The van der Waals surface area contributed by atoms with E-state index in [4.69, 9.17) is 0 Å². The standard InChI is InChI=1S/C18H17NO4/c20-15-8-4-7-14(11-15)9-10-17(21)19-16(18(22)23)12-13-5-2-1-3-6-13/h1-11,16,20H,12H2,(H,19,21)(H,22,23)/b10-9+/t16-/m0/s1. The summed E-state index contributed by atoms with van der Waals surface area (Å²) < 4.78 is 0. The maximum atomic E-state index is 11.9. The van der Waals surface area contributed by atoms with E-state index in [1.165, 1.54) is 24.3 Å². The molecule has 0 bridgehead atoms. The smallest absolute Gasteiger partial charge is 0.326 e. The number of carboxylic acids is 1. The Morgan fingerprint density at radius 2 is 1.83 bits per heavy atom. The van der Waals surface area contributed by atoms with Gasteiger partial charge in [-0.3, -0.25) is 4.79 Å². The molecule has 0 spiro atoms. The quantitative estimate of drug-likeness (QED) is 0.714. The zero-order chi connectivity index (χ0) is 16.7. The summed E-state index contributed by atoms with van der Waals surface area (Å²) >= 11 is 0. The van der Waals surface area contributed by atoms with Crippen LogP contribution in [0.4, 0.5) is 0 Å². The number of nitrogens with one attached hydrogen (secondary N) is 1. The number of carbonyl (C=O) groups is 2. The lowest BCUT2D eigenvalue weighted by Gasteiger charge is -2.13. The van der Waals surface area contributed by atoms with Crippen molar-refractivity contribution >= 4 is 18.0 Å². The highest BCUT2D eigenvalue weighted by molar-refractivity contribution is 5.94. The fourth-order valence-corrected chi connectivity index (χ4v) is 2.07. The molecule has 3 N–H and O–H groups in total. The van der Waals surface area contributed by atoms with Crippen LogP contribution in [0.2, 0.25) is 0 Å². The van der Waals surface area contributed by atoms with E-state index in [0.29, 0.717) is 5.56 Å². The Morgan fingerprint density at radius 1 is 1.09 bits per heavy atom. The predicted molar refractivity (Wildman–Crippen MR) is 86.9 cm³/mol. The van der Waals surface area contributed by atoms with E-state index in [9.17, 15) is 19.8 Å². The summed E-state index contributed by atoms with van der Waals surface area (Å²) in [6.45, 7) is 0. The van der Waals surface area contributed by atoms with Crippen LogP contribution in [-0.2, 0) is 16.0 Å². The van der Waals surface area contributed by atoms with Gasteiger partial charge in [0.15, 0.2) is 0 Å². The van der Waals surface area contributed by atoms with Crippen LogP contribution >= 0.6 is 0 Å². The Morgan fingerprint density at radius 3 is 2.48 bits per heavy atom. The van der Waals surface area contributed by atoms with Crippen LogP contribution in [-0.4, -0.2) is 28.1 Å². The lowest BCUT2D eigenvalue weighted by molar-refractivity contribution is -0.141. The first kappa shape index (κ1) is 16.3. The predicted octanol–water partition coefficient (Wildman–Crippen LogP) is 2.22. The number of phenols is 1. The number of aromatic hydroxyl groups is 1. The number of carbonyl (C=O) groups excluding carboxylic acids is 1. The Bertz CT molecular complexity index is 710. The second kappa shape index (κ2) is 7.79. The summed E-state index contributed by atoms with van der Waals surface area (Å²) in [5.41, 5.74) is 1.48. The SMILES string of the molecule is O=C(/C=C/c1cccc(O)c1)N[C@@H](Cc1ccccc1)C(=O)O. The van der Waals surface area contributed by atoms with Gasteiger partial charge in [-0.25, -0.2) is 4.79 Å². The Labute approximate surface area is 133 Å². The average Bonchev–Trinajstić information content (AvgIpc) is 2.53. The van der Waals surface area contributed by atoms with E-state index in [0.717, 1.165) is 5.56 Å². The summed E-state index contributed by atoms with van der Waals surface area (Å²) in [5, 5.41) is 21.0. The number of hydrogen-bond donors (Lipinski definition) is 3. The average molecular weight is 311 g/mol. The summed E-state index contributed by atoms with van der Waals surface area (Å²) in [6, 6.07) is 14.5. The molecule has 5 heteroatoms. The molecule has 0 saturated carbocycles. The topological polar surface area (TPSA) is 86.6 Å². The fourth-order valence-electron chi connectivity index (χ4n) is 2.07. The van der Waals surface area contributed by atoms with Gasteiger partial charge in [-0.15, -0.1) is 0 Å². The number of aliphatic carboxylic acids is 1. The Kier molecular flexibility index (Phi) is 5.52. The van der Waals surface area contributed by atoms with Crippen molar-refractivity contribution in [2.45, 2.75) is 12.5 Å². The third-order valence-corrected chi connectivity index (χ3v) is 3.19. The second-order valence-corrected chi connectivity index (χ2v) is 5.02. The van der Waals surface area contributed by atoms with Crippen LogP contribution in [0.3, 0.4) is 0 Å². The molecular weight excluding hydrogens is 294 g/mol. The van der Waals surface area contributed by atoms with E-state index in [1.54, 1.807) is 12.1 Å². The molecule has 0 fully saturated rings. The van der Waals surface area contributed by atoms with Crippen molar-refractivity contribution < 1.29 is 19.8 Å². The van der Waals surface area contributed by atoms with E-state index >= 15 is 0 Å². The van der Waals surface area contributed by atoms with Gasteiger partial charge in [-0.1, -0.05) is 42.5 Å². The monoisotopic (exact) mass is 311 g/mol. The molecule has 2 aromatic carbocycles. The van der Waals surface area contributed by atoms with Gasteiger partial charge in [0.25, 0.3) is 0 Å². The summed E-state index contributed by atoms with van der Waals surface area (Å²) in [4.78, 5) is 23.2. The number of rotatable bonds is 6. The van der Waals surface area contributed by atoms with Crippen molar-refractivity contribution in [3.63, 3.8) is 0 Å². The number of carboxylic acid groups (broad SMARTS) is 1. The van der Waals surface area contributed by atoms with Gasteiger partial charge in [0.2, 0.25) is 5.91 Å². The van der Waals surface area contributed by atoms with Gasteiger partial charge in [0, 0.05) is 12.5 Å². The molecule has 1 atom stereocenters. The molecule has 0 unspecified atom stereocenters. The molecule has 0 aliphatic rings. The molecule has 0 radical (unpaired) electrons. The number of hydrogen-bond acceptors (Lipinski definition) is 3. The van der Waals surface area contributed by atoms with Crippen molar-refractivity contribution in [3.05, 3.63) is 71.8 Å². The maximum Gasteiger partial charge on any atom is 0.326 e. The van der Waals surface area contributed by atoms with Crippen molar-refractivity contribution in [3.8, 4) is 5.75 Å². The van der Waals surface area contributed by atoms with Gasteiger partial charge >= 0.3 is 5.97 Å². The summed E-state index contributed by atoms with van der Waals surface area (Å²) in [5.74, 6) is -1.50. The molecule has 2 aromatic rings. The molecular formula is C18H17NO4. The van der Waals surface area contributed by atoms with E-state index < -0.39 is 17.9 Å². The van der Waals surface area contributed by atoms with E-state index in [2.05, 4.69) is 5.32 Å². The molecule has 0 aromatic heterocycles. The Balaban J connectivity index is 1.99. The molecule has 0 heterocycles. The summed E-state index contributed by atoms with van der Waals surface area (Å²) in [7, 11) is 0. The van der Waals surface area contributed by atoms with Gasteiger partial charge in [-0.05, 0) is 29.3 Å². The molecule has 2 rings (SSSR count). The molecule has 5 nitrogen and oxygen atoms in total. The van der Waals surface area contributed by atoms with Crippen LogP contribution in [0.5, 0.6) is 5.75 Å². The highest BCUT2D eigenvalue weighted by Crippen LogP contribution is 2.12. The minimum absolute atomic E-state index is 0.0973. The van der Waals surface area contributed by atoms with Gasteiger partial charge in [-0.2, -0.15) is 0 Å². The Hall–Kier alpha value is -3.08. The third kappa shape index (κ3) is 5.32. The first-order chi connectivity index (χ1) is 11.0. The molecule has 0 aliphatic carbocycles. The largest absolute Gasteiger partial charge is 0.508 e.